The summed E-state index contributed by atoms with van der Waals surface area (Å²) in [5, 5.41) is 1.99. The van der Waals surface area contributed by atoms with Gasteiger partial charge >= 0.3 is 6.18 Å². The van der Waals surface area contributed by atoms with Crippen molar-refractivity contribution in [2.75, 3.05) is 18.0 Å². The van der Waals surface area contributed by atoms with E-state index in [1.54, 1.807) is 0 Å². The van der Waals surface area contributed by atoms with Gasteiger partial charge < -0.3 is 17.2 Å². The minimum absolute atomic E-state index is 0. The number of nitrogens with zero attached hydrogens (tertiary/aromatic N) is 3. The van der Waals surface area contributed by atoms with E-state index in [4.69, 9.17) is 28.8 Å². The number of hydrogen-bond acceptors (Lipinski definition) is 6. The van der Waals surface area contributed by atoms with E-state index in [-0.39, 0.29) is 59.4 Å². The highest BCUT2D eigenvalue weighted by Gasteiger charge is 2.32. The van der Waals surface area contributed by atoms with Crippen molar-refractivity contribution in [3.63, 3.8) is 0 Å². The third-order valence-corrected chi connectivity index (χ3v) is 3.63. The summed E-state index contributed by atoms with van der Waals surface area (Å²) in [6.45, 7) is -0.0805. The second-order valence-corrected chi connectivity index (χ2v) is 5.62. The lowest BCUT2D eigenvalue weighted by Crippen LogP contribution is -2.38. The molecule has 0 aliphatic rings. The van der Waals surface area contributed by atoms with Crippen LogP contribution in [0.15, 0.2) is 29.3 Å². The highest BCUT2D eigenvalue weighted by Crippen LogP contribution is 2.31. The molecule has 0 saturated heterocycles. The Morgan fingerprint density at radius 2 is 1.82 bits per heavy atom. The van der Waals surface area contributed by atoms with E-state index in [2.05, 4.69) is 20.3 Å². The topological polar surface area (TPSA) is 145 Å². The van der Waals surface area contributed by atoms with Gasteiger partial charge in [-0.25, -0.2) is 9.97 Å². The predicted octanol–water partition coefficient (Wildman–Crippen LogP) is 2.02. The number of hydrogen-bond donors (Lipinski definition) is 4. The van der Waals surface area contributed by atoms with E-state index in [9.17, 15) is 18.0 Å². The Morgan fingerprint density at radius 1 is 1.18 bits per heavy atom. The van der Waals surface area contributed by atoms with Crippen LogP contribution in [0, 0.1) is 0 Å². The number of nitrogen functional groups attached to an aromatic ring is 2. The molecule has 7 N–H and O–H groups in total. The number of aliphatic imine (C=N–C) groups is 1. The largest absolute Gasteiger partial charge is 0.416 e. The molecule has 13 heteroatoms. The van der Waals surface area contributed by atoms with Gasteiger partial charge in [-0.2, -0.15) is 13.2 Å². The van der Waals surface area contributed by atoms with Gasteiger partial charge in [0.1, 0.15) is 0 Å². The molecule has 0 fully saturated rings. The normalized spacial score (nSPS) is 11.6. The molecule has 0 bridgehead atoms. The second kappa shape index (κ2) is 9.42. The van der Waals surface area contributed by atoms with Gasteiger partial charge in [0.15, 0.2) is 28.4 Å². The molecule has 0 atom stereocenters. The van der Waals surface area contributed by atoms with Crippen molar-refractivity contribution in [2.24, 2.45) is 10.7 Å². The fourth-order valence-electron chi connectivity index (χ4n) is 2.14. The van der Waals surface area contributed by atoms with E-state index in [1.807, 2.05) is 0 Å². The molecule has 0 spiro atoms. The van der Waals surface area contributed by atoms with Crippen LogP contribution in [0.2, 0.25) is 5.15 Å². The number of carbonyl (C=O) groups is 1. The minimum Gasteiger partial charge on any atom is -0.382 e. The van der Waals surface area contributed by atoms with Crippen LogP contribution in [0.5, 0.6) is 0 Å². The van der Waals surface area contributed by atoms with Crippen LogP contribution < -0.4 is 22.5 Å². The molecule has 2 rings (SSSR count). The van der Waals surface area contributed by atoms with Gasteiger partial charge in [-0.05, 0) is 18.1 Å². The van der Waals surface area contributed by atoms with E-state index in [1.165, 1.54) is 18.2 Å². The molecule has 0 radical (unpaired) electrons. The summed E-state index contributed by atoms with van der Waals surface area (Å²) in [6, 6.07) is 5.12. The Bertz CT molecular complexity index is 890. The molecule has 0 unspecified atom stereocenters. The number of carbonyl (C=O) groups excluding carboxylic acids is 1. The van der Waals surface area contributed by atoms with Gasteiger partial charge in [0, 0.05) is 6.54 Å². The number of guanidine groups is 1. The average molecular weight is 438 g/mol. The van der Waals surface area contributed by atoms with E-state index >= 15 is 0 Å². The maximum Gasteiger partial charge on any atom is 0.416 e. The third kappa shape index (κ3) is 5.86. The summed E-state index contributed by atoms with van der Waals surface area (Å²) >= 11 is 5.68. The molecular formula is C15H16Cl2F3N7O. The molecule has 28 heavy (non-hydrogen) atoms. The Kier molecular flexibility index (Phi) is 7.82. The monoisotopic (exact) mass is 437 g/mol. The van der Waals surface area contributed by atoms with Gasteiger partial charge in [0.05, 0.1) is 5.56 Å². The van der Waals surface area contributed by atoms with Crippen LogP contribution in [0.1, 0.15) is 21.6 Å². The first-order chi connectivity index (χ1) is 12.6. The number of anilines is 2. The average Bonchev–Trinajstić information content (AvgIpc) is 2.57. The van der Waals surface area contributed by atoms with E-state index in [0.29, 0.717) is 0 Å². The number of alkyl halides is 3. The zero-order chi connectivity index (χ0) is 20.2. The molecule has 0 saturated carbocycles. The van der Waals surface area contributed by atoms with Crippen LogP contribution in [0.25, 0.3) is 0 Å². The molecule has 1 aromatic heterocycles. The van der Waals surface area contributed by atoms with E-state index < -0.39 is 17.6 Å². The van der Waals surface area contributed by atoms with Gasteiger partial charge in [-0.15, -0.1) is 12.4 Å². The lowest BCUT2D eigenvalue weighted by atomic mass is 10.0. The molecule has 152 valence electrons. The minimum atomic E-state index is -4.47. The number of rotatable bonds is 4. The molecule has 1 aromatic carbocycles. The van der Waals surface area contributed by atoms with Crippen molar-refractivity contribution in [3.05, 3.63) is 46.2 Å². The second-order valence-electron chi connectivity index (χ2n) is 5.26. The van der Waals surface area contributed by atoms with Crippen molar-refractivity contribution in [1.29, 1.82) is 0 Å². The molecule has 0 aliphatic carbocycles. The number of halogens is 5. The maximum absolute atomic E-state index is 12.9. The van der Waals surface area contributed by atoms with Crippen LogP contribution in [0.4, 0.5) is 24.8 Å². The van der Waals surface area contributed by atoms with Gasteiger partial charge in [0.25, 0.3) is 5.91 Å². The fourth-order valence-corrected chi connectivity index (χ4v) is 2.26. The number of amides is 1. The highest BCUT2D eigenvalue weighted by atomic mass is 35.5. The summed E-state index contributed by atoms with van der Waals surface area (Å²) in [4.78, 5) is 23.2. The van der Waals surface area contributed by atoms with Crippen LogP contribution in [0.3, 0.4) is 0 Å². The first-order valence-corrected chi connectivity index (χ1v) is 7.82. The summed E-state index contributed by atoms with van der Waals surface area (Å²) in [5.41, 5.74) is 15.5. The van der Waals surface area contributed by atoms with Crippen molar-refractivity contribution in [3.8, 4) is 0 Å². The number of benzene rings is 1. The quantitative estimate of drug-likeness (QED) is 0.425. The zero-order valence-electron chi connectivity index (χ0n) is 14.1. The van der Waals surface area contributed by atoms with Crippen LogP contribution in [-0.2, 0) is 12.6 Å². The van der Waals surface area contributed by atoms with Gasteiger partial charge in [-0.3, -0.25) is 15.1 Å². The van der Waals surface area contributed by atoms with Gasteiger partial charge in [0.2, 0.25) is 0 Å². The maximum atomic E-state index is 12.9. The summed E-state index contributed by atoms with van der Waals surface area (Å²) in [7, 11) is 0. The van der Waals surface area contributed by atoms with Crippen molar-refractivity contribution < 1.29 is 18.0 Å². The van der Waals surface area contributed by atoms with E-state index in [0.717, 1.165) is 6.07 Å². The summed E-state index contributed by atoms with van der Waals surface area (Å²) in [5.74, 6) is -1.56. The molecule has 2 aromatic rings. The first-order valence-electron chi connectivity index (χ1n) is 7.44. The molecule has 1 amide bonds. The molecule has 1 heterocycles. The number of nitrogens with two attached hydrogens (primary N) is 3. The van der Waals surface area contributed by atoms with Crippen molar-refractivity contribution >= 4 is 47.5 Å². The van der Waals surface area contributed by atoms with Crippen molar-refractivity contribution in [1.82, 2.24) is 15.3 Å². The Labute approximate surface area is 168 Å². The molecule has 0 aliphatic heterocycles. The standard InChI is InChI=1S/C15H15ClF3N7O.ClH/c16-10-12(21)25-11(20)9(24-10)13(27)26-14(22)23-6-5-7-3-1-2-4-8(7)15(17,18)19;/h1-4H,5-6H2,(H4,20,21,25)(H3,22,23,26,27);1H. The molecule has 8 nitrogen and oxygen atoms in total. The first kappa shape index (κ1) is 23.2. The summed E-state index contributed by atoms with van der Waals surface area (Å²) in [6.07, 6.45) is -4.49. The lowest BCUT2D eigenvalue weighted by molar-refractivity contribution is -0.138. The zero-order valence-corrected chi connectivity index (χ0v) is 15.7. The van der Waals surface area contributed by atoms with Crippen LogP contribution >= 0.6 is 24.0 Å². The van der Waals surface area contributed by atoms with Crippen molar-refractivity contribution in [2.45, 2.75) is 12.6 Å². The Hall–Kier alpha value is -2.79. The fraction of sp³-hybridized carbons (Fsp3) is 0.200. The molecular weight excluding hydrogens is 422 g/mol. The number of aromatic nitrogens is 2. The Morgan fingerprint density at radius 3 is 2.46 bits per heavy atom. The third-order valence-electron chi connectivity index (χ3n) is 3.35. The van der Waals surface area contributed by atoms with Gasteiger partial charge in [-0.1, -0.05) is 29.8 Å². The van der Waals surface area contributed by atoms with Crippen LogP contribution in [-0.4, -0.2) is 28.4 Å². The predicted molar refractivity (Wildman–Crippen MR) is 102 cm³/mol. The lowest BCUT2D eigenvalue weighted by Gasteiger charge is -2.11. The number of nitrogens with one attached hydrogen (secondary N) is 1. The smallest absolute Gasteiger partial charge is 0.382 e. The Balaban J connectivity index is 0.00000392. The highest BCUT2D eigenvalue weighted by molar-refractivity contribution is 6.31. The summed E-state index contributed by atoms with van der Waals surface area (Å²) < 4.78 is 38.8. The SMILES string of the molecule is Cl.NC(=NCCc1ccccc1C(F)(F)F)NC(=O)c1nc(Cl)c(N)nc1N.